The molecule has 0 aliphatic carbocycles. The fraction of sp³-hybridized carbons (Fsp3) is 0.364. The number of anilines is 2. The van der Waals surface area contributed by atoms with Gasteiger partial charge in [0.05, 0.1) is 17.7 Å². The van der Waals surface area contributed by atoms with E-state index in [4.69, 9.17) is 16.3 Å². The number of nitriles is 2. The van der Waals surface area contributed by atoms with Crippen LogP contribution in [0.3, 0.4) is 0 Å². The van der Waals surface area contributed by atoms with E-state index in [0.29, 0.717) is 18.1 Å². The van der Waals surface area contributed by atoms with Crippen LogP contribution in [-0.2, 0) is 0 Å². The van der Waals surface area contributed by atoms with Gasteiger partial charge < -0.3 is 10.6 Å². The summed E-state index contributed by atoms with van der Waals surface area (Å²) in [5, 5.41) is 17.5. The summed E-state index contributed by atoms with van der Waals surface area (Å²) in [4.78, 5) is 5.94. The zero-order valence-corrected chi connectivity index (χ0v) is 9.31. The Kier molecular flexibility index (Phi) is 3.68. The number of aromatic nitrogens is 1. The summed E-state index contributed by atoms with van der Waals surface area (Å²) in [6, 6.07) is 7.46. The minimum Gasteiger partial charge on any atom is -0.396 e. The van der Waals surface area contributed by atoms with Gasteiger partial charge in [0, 0.05) is 13.6 Å². The van der Waals surface area contributed by atoms with Crippen LogP contribution in [0.2, 0.25) is 0 Å². The fourth-order valence-corrected chi connectivity index (χ4v) is 1.31. The Morgan fingerprint density at radius 3 is 2.75 bits per heavy atom. The van der Waals surface area contributed by atoms with E-state index in [1.54, 1.807) is 12.1 Å². The number of hydrogen-bond donors (Lipinski definition) is 1. The fourth-order valence-electron chi connectivity index (χ4n) is 1.31. The third kappa shape index (κ3) is 2.61. The third-order valence-electron chi connectivity index (χ3n) is 2.18. The van der Waals surface area contributed by atoms with Crippen LogP contribution in [0.15, 0.2) is 12.1 Å². The highest BCUT2D eigenvalue weighted by Gasteiger charge is 2.09. The molecule has 0 fully saturated rings. The van der Waals surface area contributed by atoms with Gasteiger partial charge in [0.15, 0.2) is 5.69 Å². The Morgan fingerprint density at radius 1 is 1.50 bits per heavy atom. The van der Waals surface area contributed by atoms with Gasteiger partial charge >= 0.3 is 0 Å². The topological polar surface area (TPSA) is 89.7 Å². The van der Waals surface area contributed by atoms with E-state index in [1.165, 1.54) is 0 Å². The number of nitrogens with two attached hydrogens (primary N) is 1. The summed E-state index contributed by atoms with van der Waals surface area (Å²) in [6.45, 7) is 2.40. The maximum absolute atomic E-state index is 8.79. The molecule has 1 aromatic rings. The van der Waals surface area contributed by atoms with Gasteiger partial charge in [-0.2, -0.15) is 10.5 Å². The van der Waals surface area contributed by atoms with Crippen molar-refractivity contribution in [2.45, 2.75) is 6.92 Å². The summed E-state index contributed by atoms with van der Waals surface area (Å²) in [6.07, 6.45) is 0. The molecule has 82 valence electrons. The molecule has 2 N–H and O–H groups in total. The van der Waals surface area contributed by atoms with Gasteiger partial charge in [-0.1, -0.05) is 0 Å². The Bertz CT molecular complexity index is 454. The Hall–Kier alpha value is -2.27. The molecule has 0 radical (unpaired) electrons. The van der Waals surface area contributed by atoms with Crippen molar-refractivity contribution < 1.29 is 0 Å². The molecule has 5 heteroatoms. The van der Waals surface area contributed by atoms with Crippen molar-refractivity contribution in [2.75, 3.05) is 24.2 Å². The first-order valence-corrected chi connectivity index (χ1v) is 4.86. The molecule has 1 atom stereocenters. The minimum absolute atomic E-state index is 0.0881. The summed E-state index contributed by atoms with van der Waals surface area (Å²) in [5.41, 5.74) is 6.16. The Morgan fingerprint density at radius 2 is 2.19 bits per heavy atom. The molecule has 1 aromatic heterocycles. The van der Waals surface area contributed by atoms with E-state index in [2.05, 4.69) is 11.1 Å². The highest BCUT2D eigenvalue weighted by Crippen LogP contribution is 2.15. The molecule has 1 unspecified atom stereocenters. The van der Waals surface area contributed by atoms with Gasteiger partial charge in [-0.3, -0.25) is 0 Å². The zero-order chi connectivity index (χ0) is 12.1. The first kappa shape index (κ1) is 11.8. The van der Waals surface area contributed by atoms with Gasteiger partial charge in [0.25, 0.3) is 0 Å². The highest BCUT2D eigenvalue weighted by molar-refractivity contribution is 5.55. The average molecular weight is 215 g/mol. The maximum Gasteiger partial charge on any atom is 0.165 e. The van der Waals surface area contributed by atoms with Crippen LogP contribution in [0.5, 0.6) is 0 Å². The van der Waals surface area contributed by atoms with Crippen molar-refractivity contribution in [3.8, 4) is 12.1 Å². The second-order valence-electron chi connectivity index (χ2n) is 3.63. The molecule has 0 saturated heterocycles. The lowest BCUT2D eigenvalue weighted by Crippen LogP contribution is -2.24. The molecular weight excluding hydrogens is 202 g/mol. The number of rotatable bonds is 3. The van der Waals surface area contributed by atoms with Crippen LogP contribution in [-0.4, -0.2) is 18.6 Å². The maximum atomic E-state index is 8.79. The predicted octanol–water partition coefficient (Wildman–Crippen LogP) is 1.13. The van der Waals surface area contributed by atoms with Gasteiger partial charge in [0.1, 0.15) is 11.9 Å². The lowest BCUT2D eigenvalue weighted by Gasteiger charge is -2.19. The largest absolute Gasteiger partial charge is 0.396 e. The van der Waals surface area contributed by atoms with Gasteiger partial charge in [-0.05, 0) is 19.1 Å². The normalized spacial score (nSPS) is 11.2. The number of nitrogens with zero attached hydrogens (tertiary/aromatic N) is 4. The van der Waals surface area contributed by atoms with Crippen molar-refractivity contribution in [3.05, 3.63) is 17.8 Å². The van der Waals surface area contributed by atoms with Crippen molar-refractivity contribution >= 4 is 11.5 Å². The molecule has 0 aliphatic heterocycles. The standard InChI is InChI=1S/C11H13N5/c1-8(5-12)7-16(2)11-4-3-9(14)10(6-13)15-11/h3-4,8H,7,14H2,1-2H3. The SMILES string of the molecule is CC(C#N)CN(C)c1ccc(N)c(C#N)n1. The molecule has 1 rings (SSSR count). The van der Waals surface area contributed by atoms with Crippen LogP contribution in [0, 0.1) is 28.6 Å². The van der Waals surface area contributed by atoms with E-state index in [0.717, 1.165) is 0 Å². The quantitative estimate of drug-likeness (QED) is 0.816. The molecule has 0 saturated carbocycles. The molecule has 0 aromatic carbocycles. The molecular formula is C11H13N5. The van der Waals surface area contributed by atoms with Crippen LogP contribution >= 0.6 is 0 Å². The van der Waals surface area contributed by atoms with Gasteiger partial charge in [-0.25, -0.2) is 4.98 Å². The summed E-state index contributed by atoms with van der Waals surface area (Å²) in [5.74, 6) is 0.558. The average Bonchev–Trinajstić information content (AvgIpc) is 2.29. The molecule has 0 spiro atoms. The number of pyridine rings is 1. The van der Waals surface area contributed by atoms with Crippen molar-refractivity contribution in [1.82, 2.24) is 4.98 Å². The molecule has 0 amide bonds. The molecule has 5 nitrogen and oxygen atoms in total. The van der Waals surface area contributed by atoms with E-state index in [-0.39, 0.29) is 11.6 Å². The van der Waals surface area contributed by atoms with Crippen LogP contribution in [0.4, 0.5) is 11.5 Å². The smallest absolute Gasteiger partial charge is 0.165 e. The van der Waals surface area contributed by atoms with E-state index >= 15 is 0 Å². The Balaban J connectivity index is 2.90. The minimum atomic E-state index is -0.0881. The van der Waals surface area contributed by atoms with E-state index < -0.39 is 0 Å². The molecule has 0 aliphatic rings. The van der Waals surface area contributed by atoms with Gasteiger partial charge in [-0.15, -0.1) is 0 Å². The van der Waals surface area contributed by atoms with Crippen molar-refractivity contribution in [2.24, 2.45) is 5.92 Å². The molecule has 0 bridgehead atoms. The first-order chi connectivity index (χ1) is 7.58. The zero-order valence-electron chi connectivity index (χ0n) is 9.31. The monoisotopic (exact) mass is 215 g/mol. The first-order valence-electron chi connectivity index (χ1n) is 4.86. The van der Waals surface area contributed by atoms with Crippen molar-refractivity contribution in [3.63, 3.8) is 0 Å². The lowest BCUT2D eigenvalue weighted by molar-refractivity contribution is 0.710. The van der Waals surface area contributed by atoms with Crippen LogP contribution < -0.4 is 10.6 Å². The number of hydrogen-bond acceptors (Lipinski definition) is 5. The summed E-state index contributed by atoms with van der Waals surface area (Å²) in [7, 11) is 1.83. The second-order valence-corrected chi connectivity index (χ2v) is 3.63. The van der Waals surface area contributed by atoms with E-state index in [9.17, 15) is 0 Å². The molecule has 1 heterocycles. The highest BCUT2D eigenvalue weighted by atomic mass is 15.2. The predicted molar refractivity (Wildman–Crippen MR) is 61.4 cm³/mol. The van der Waals surface area contributed by atoms with Crippen LogP contribution in [0.25, 0.3) is 0 Å². The van der Waals surface area contributed by atoms with Crippen molar-refractivity contribution in [1.29, 1.82) is 10.5 Å². The second kappa shape index (κ2) is 4.99. The summed E-state index contributed by atoms with van der Waals surface area (Å²) >= 11 is 0. The number of nitrogen functional groups attached to an aromatic ring is 1. The van der Waals surface area contributed by atoms with Gasteiger partial charge in [0.2, 0.25) is 0 Å². The third-order valence-corrected chi connectivity index (χ3v) is 2.18. The van der Waals surface area contributed by atoms with Crippen LogP contribution in [0.1, 0.15) is 12.6 Å². The lowest BCUT2D eigenvalue weighted by atomic mass is 10.2. The van der Waals surface area contributed by atoms with E-state index in [1.807, 2.05) is 24.9 Å². The molecule has 16 heavy (non-hydrogen) atoms. The Labute approximate surface area is 94.7 Å². The summed E-state index contributed by atoms with van der Waals surface area (Å²) < 4.78 is 0.